The Morgan fingerprint density at radius 3 is 2.44 bits per heavy atom. The first-order valence-corrected chi connectivity index (χ1v) is 7.59. The van der Waals surface area contributed by atoms with E-state index in [4.69, 9.17) is 0 Å². The Bertz CT molecular complexity index is 265. The summed E-state index contributed by atoms with van der Waals surface area (Å²) in [6.07, 6.45) is 5.60. The Hall–Kier alpha value is -0.570. The number of carbonyl (C=O) groups is 1. The van der Waals surface area contributed by atoms with Crippen LogP contribution in [-0.2, 0) is 4.79 Å². The summed E-state index contributed by atoms with van der Waals surface area (Å²) in [5.41, 5.74) is 0. The van der Waals surface area contributed by atoms with Gasteiger partial charge in [-0.2, -0.15) is 0 Å². The molecule has 0 radical (unpaired) electrons. The summed E-state index contributed by atoms with van der Waals surface area (Å²) in [4.78, 5) is 14.6. The molecule has 3 atom stereocenters. The fraction of sp³-hybridized carbons (Fsp3) is 0.933. The summed E-state index contributed by atoms with van der Waals surface area (Å²) in [5, 5.41) is 3.55. The first-order chi connectivity index (χ1) is 8.51. The fourth-order valence-electron chi connectivity index (χ4n) is 2.68. The van der Waals surface area contributed by atoms with Crippen molar-refractivity contribution in [1.29, 1.82) is 0 Å². The molecule has 3 nitrogen and oxygen atoms in total. The van der Waals surface area contributed by atoms with E-state index in [1.165, 1.54) is 0 Å². The van der Waals surface area contributed by atoms with Crippen LogP contribution >= 0.6 is 0 Å². The van der Waals surface area contributed by atoms with E-state index in [0.717, 1.165) is 32.1 Å². The van der Waals surface area contributed by atoms with Crippen molar-refractivity contribution >= 4 is 5.91 Å². The van der Waals surface area contributed by atoms with Crippen molar-refractivity contribution in [1.82, 2.24) is 10.2 Å². The molecule has 1 amide bonds. The van der Waals surface area contributed by atoms with Gasteiger partial charge in [0, 0.05) is 6.04 Å². The number of nitrogens with one attached hydrogen (secondary N) is 1. The predicted octanol–water partition coefficient (Wildman–Crippen LogP) is 3.15. The Labute approximate surface area is 112 Å². The SMILES string of the molecule is CCCCC1NC(CC(C)C)N(C(C)CC)C1=O. The first kappa shape index (κ1) is 15.5. The van der Waals surface area contributed by atoms with Crippen LogP contribution in [0.3, 0.4) is 0 Å². The Balaban J connectivity index is 2.72. The zero-order valence-electron chi connectivity index (χ0n) is 12.7. The number of hydrogen-bond donors (Lipinski definition) is 1. The summed E-state index contributed by atoms with van der Waals surface area (Å²) >= 11 is 0. The summed E-state index contributed by atoms with van der Waals surface area (Å²) < 4.78 is 0. The van der Waals surface area contributed by atoms with Gasteiger partial charge in [-0.05, 0) is 32.1 Å². The molecule has 1 saturated heterocycles. The van der Waals surface area contributed by atoms with E-state index in [2.05, 4.69) is 44.8 Å². The molecule has 3 unspecified atom stereocenters. The van der Waals surface area contributed by atoms with E-state index in [1.807, 2.05) is 0 Å². The van der Waals surface area contributed by atoms with Crippen LogP contribution in [-0.4, -0.2) is 29.1 Å². The molecule has 0 aromatic carbocycles. The van der Waals surface area contributed by atoms with Crippen LogP contribution in [0.1, 0.15) is 66.7 Å². The lowest BCUT2D eigenvalue weighted by molar-refractivity contribution is -0.132. The zero-order valence-corrected chi connectivity index (χ0v) is 12.7. The summed E-state index contributed by atoms with van der Waals surface area (Å²) in [7, 11) is 0. The molecule has 0 aliphatic carbocycles. The second-order valence-corrected chi connectivity index (χ2v) is 6.01. The van der Waals surface area contributed by atoms with E-state index in [-0.39, 0.29) is 12.2 Å². The molecule has 1 N–H and O–H groups in total. The number of amides is 1. The average molecular weight is 254 g/mol. The molecule has 1 aliphatic heterocycles. The lowest BCUT2D eigenvalue weighted by Crippen LogP contribution is -2.43. The van der Waals surface area contributed by atoms with Gasteiger partial charge in [-0.3, -0.25) is 10.1 Å². The number of rotatable bonds is 7. The van der Waals surface area contributed by atoms with Crippen LogP contribution in [0, 0.1) is 5.92 Å². The third kappa shape index (κ3) is 3.71. The molecule has 0 aromatic heterocycles. The highest BCUT2D eigenvalue weighted by Crippen LogP contribution is 2.23. The number of carbonyl (C=O) groups excluding carboxylic acids is 1. The molecule has 1 aliphatic rings. The Kier molecular flexibility index (Phi) is 6.13. The van der Waals surface area contributed by atoms with E-state index < -0.39 is 0 Å². The van der Waals surface area contributed by atoms with Gasteiger partial charge in [0.2, 0.25) is 5.91 Å². The molecule has 1 fully saturated rings. The highest BCUT2D eigenvalue weighted by atomic mass is 16.2. The zero-order chi connectivity index (χ0) is 13.7. The molecular formula is C15H30N2O. The second kappa shape index (κ2) is 7.13. The van der Waals surface area contributed by atoms with Crippen molar-refractivity contribution in [3.63, 3.8) is 0 Å². The molecule has 1 heterocycles. The van der Waals surface area contributed by atoms with Gasteiger partial charge in [-0.1, -0.05) is 40.5 Å². The van der Waals surface area contributed by atoms with Crippen LogP contribution in [0.2, 0.25) is 0 Å². The minimum atomic E-state index is 0.0581. The van der Waals surface area contributed by atoms with Crippen LogP contribution < -0.4 is 5.32 Å². The minimum Gasteiger partial charge on any atom is -0.323 e. The summed E-state index contributed by atoms with van der Waals surface area (Å²) in [6, 6.07) is 0.406. The van der Waals surface area contributed by atoms with Crippen LogP contribution in [0.4, 0.5) is 0 Å². The van der Waals surface area contributed by atoms with E-state index in [0.29, 0.717) is 17.9 Å². The lowest BCUT2D eigenvalue weighted by Gasteiger charge is -2.30. The smallest absolute Gasteiger partial charge is 0.241 e. The van der Waals surface area contributed by atoms with Crippen molar-refractivity contribution in [3.05, 3.63) is 0 Å². The van der Waals surface area contributed by atoms with Crippen molar-refractivity contribution < 1.29 is 4.79 Å². The average Bonchev–Trinajstić information content (AvgIpc) is 2.61. The quantitative estimate of drug-likeness (QED) is 0.757. The molecule has 0 saturated carbocycles. The second-order valence-electron chi connectivity index (χ2n) is 6.01. The lowest BCUT2D eigenvalue weighted by atomic mass is 10.1. The van der Waals surface area contributed by atoms with E-state index in [1.54, 1.807) is 0 Å². The van der Waals surface area contributed by atoms with Gasteiger partial charge >= 0.3 is 0 Å². The van der Waals surface area contributed by atoms with Gasteiger partial charge in [0.05, 0.1) is 12.2 Å². The molecule has 0 spiro atoms. The summed E-state index contributed by atoms with van der Waals surface area (Å²) in [5.74, 6) is 0.940. The highest BCUT2D eigenvalue weighted by molar-refractivity contribution is 5.84. The van der Waals surface area contributed by atoms with Crippen LogP contribution in [0.15, 0.2) is 0 Å². The number of nitrogens with zero attached hydrogens (tertiary/aromatic N) is 1. The maximum Gasteiger partial charge on any atom is 0.241 e. The molecule has 1 rings (SSSR count). The van der Waals surface area contributed by atoms with E-state index >= 15 is 0 Å². The maximum atomic E-state index is 12.5. The Morgan fingerprint density at radius 2 is 1.94 bits per heavy atom. The van der Waals surface area contributed by atoms with Gasteiger partial charge in [0.25, 0.3) is 0 Å². The molecule has 0 bridgehead atoms. The van der Waals surface area contributed by atoms with Gasteiger partial charge in [-0.15, -0.1) is 0 Å². The van der Waals surface area contributed by atoms with Gasteiger partial charge in [-0.25, -0.2) is 0 Å². The fourth-order valence-corrected chi connectivity index (χ4v) is 2.68. The number of hydrogen-bond acceptors (Lipinski definition) is 2. The number of unbranched alkanes of at least 4 members (excludes halogenated alkanes) is 1. The van der Waals surface area contributed by atoms with Crippen molar-refractivity contribution in [2.75, 3.05) is 0 Å². The van der Waals surface area contributed by atoms with Crippen LogP contribution in [0.25, 0.3) is 0 Å². The topological polar surface area (TPSA) is 32.3 Å². The minimum absolute atomic E-state index is 0.0581. The molecule has 106 valence electrons. The molecule has 3 heteroatoms. The third-order valence-corrected chi connectivity index (χ3v) is 3.89. The summed E-state index contributed by atoms with van der Waals surface area (Å²) in [6.45, 7) is 10.9. The largest absolute Gasteiger partial charge is 0.323 e. The first-order valence-electron chi connectivity index (χ1n) is 7.59. The van der Waals surface area contributed by atoms with Gasteiger partial charge in [0.1, 0.15) is 0 Å². The molecular weight excluding hydrogens is 224 g/mol. The molecule has 18 heavy (non-hydrogen) atoms. The predicted molar refractivity (Wildman–Crippen MR) is 76.3 cm³/mol. The van der Waals surface area contributed by atoms with Gasteiger partial charge in [0.15, 0.2) is 0 Å². The monoisotopic (exact) mass is 254 g/mol. The van der Waals surface area contributed by atoms with Crippen molar-refractivity contribution in [3.8, 4) is 0 Å². The normalized spacial score (nSPS) is 26.1. The van der Waals surface area contributed by atoms with Crippen molar-refractivity contribution in [2.24, 2.45) is 5.92 Å². The van der Waals surface area contributed by atoms with E-state index in [9.17, 15) is 4.79 Å². The van der Waals surface area contributed by atoms with Crippen LogP contribution in [0.5, 0.6) is 0 Å². The Morgan fingerprint density at radius 1 is 1.28 bits per heavy atom. The third-order valence-electron chi connectivity index (χ3n) is 3.89. The molecule has 0 aromatic rings. The standard InChI is InChI=1S/C15H30N2O/c1-6-8-9-13-15(18)17(12(5)7-2)14(16-13)10-11(3)4/h11-14,16H,6-10H2,1-5H3. The maximum absolute atomic E-state index is 12.5. The highest BCUT2D eigenvalue weighted by Gasteiger charge is 2.40. The van der Waals surface area contributed by atoms with Crippen molar-refractivity contribution in [2.45, 2.75) is 85.0 Å². The van der Waals surface area contributed by atoms with Gasteiger partial charge < -0.3 is 4.90 Å².